The van der Waals surface area contributed by atoms with Gasteiger partial charge in [-0.05, 0) is 36.0 Å². The topological polar surface area (TPSA) is 20.3 Å². The maximum Gasteiger partial charge on any atom is 0.228 e. The Morgan fingerprint density at radius 1 is 0.704 bits per heavy atom. The Balaban J connectivity index is 1.46. The van der Waals surface area contributed by atoms with Gasteiger partial charge in [-0.25, -0.2) is 0 Å². The molecule has 0 N–H and O–H groups in total. The van der Waals surface area contributed by atoms with Crippen LogP contribution in [0.25, 0.3) is 0 Å². The van der Waals surface area contributed by atoms with Crippen LogP contribution < -0.4 is 0 Å². The SMILES string of the molecule is O=C1[C@H](CCCc2ccccc2)[C@@H](c2ccccc2)N1Cc1ccccc1. The Hall–Kier alpha value is -2.87. The third-order valence-electron chi connectivity index (χ3n) is 5.48. The number of benzene rings is 3. The van der Waals surface area contributed by atoms with E-state index in [1.807, 2.05) is 35.2 Å². The summed E-state index contributed by atoms with van der Waals surface area (Å²) < 4.78 is 0. The minimum Gasteiger partial charge on any atom is -0.330 e. The first-order valence-corrected chi connectivity index (χ1v) is 9.76. The summed E-state index contributed by atoms with van der Waals surface area (Å²) in [6, 6.07) is 31.5. The van der Waals surface area contributed by atoms with Gasteiger partial charge in [0.15, 0.2) is 0 Å². The van der Waals surface area contributed by atoms with Crippen LogP contribution in [0.2, 0.25) is 0 Å². The Bertz CT molecular complexity index is 861. The number of carbonyl (C=O) groups excluding carboxylic acids is 1. The van der Waals surface area contributed by atoms with Gasteiger partial charge in [-0.3, -0.25) is 4.79 Å². The smallest absolute Gasteiger partial charge is 0.228 e. The summed E-state index contributed by atoms with van der Waals surface area (Å²) in [7, 11) is 0. The third kappa shape index (κ3) is 3.95. The lowest BCUT2D eigenvalue weighted by molar-refractivity contribution is -0.158. The van der Waals surface area contributed by atoms with Gasteiger partial charge in [-0.15, -0.1) is 0 Å². The van der Waals surface area contributed by atoms with E-state index in [0.717, 1.165) is 19.3 Å². The molecular weight excluding hydrogens is 330 g/mol. The van der Waals surface area contributed by atoms with Gasteiger partial charge < -0.3 is 4.90 Å². The first-order valence-electron chi connectivity index (χ1n) is 9.76. The van der Waals surface area contributed by atoms with Gasteiger partial charge in [0.05, 0.1) is 12.0 Å². The number of hydrogen-bond acceptors (Lipinski definition) is 1. The van der Waals surface area contributed by atoms with Crippen molar-refractivity contribution in [2.75, 3.05) is 0 Å². The molecule has 1 heterocycles. The monoisotopic (exact) mass is 355 g/mol. The molecule has 3 aromatic rings. The molecule has 0 saturated carbocycles. The maximum atomic E-state index is 12.9. The van der Waals surface area contributed by atoms with Crippen LogP contribution in [-0.2, 0) is 17.8 Å². The van der Waals surface area contributed by atoms with Crippen LogP contribution in [0.5, 0.6) is 0 Å². The van der Waals surface area contributed by atoms with Crippen LogP contribution >= 0.6 is 0 Å². The summed E-state index contributed by atoms with van der Waals surface area (Å²) in [6.07, 6.45) is 3.02. The molecule has 1 aliphatic heterocycles. The van der Waals surface area contributed by atoms with Gasteiger partial charge in [0.25, 0.3) is 0 Å². The zero-order valence-corrected chi connectivity index (χ0v) is 15.5. The van der Waals surface area contributed by atoms with Crippen molar-refractivity contribution in [3.63, 3.8) is 0 Å². The van der Waals surface area contributed by atoms with Crippen LogP contribution in [-0.4, -0.2) is 10.8 Å². The molecule has 1 amide bonds. The van der Waals surface area contributed by atoms with E-state index in [2.05, 4.69) is 60.7 Å². The molecule has 136 valence electrons. The van der Waals surface area contributed by atoms with Crippen molar-refractivity contribution in [2.24, 2.45) is 5.92 Å². The van der Waals surface area contributed by atoms with E-state index in [4.69, 9.17) is 0 Å². The van der Waals surface area contributed by atoms with Crippen molar-refractivity contribution in [3.8, 4) is 0 Å². The van der Waals surface area contributed by atoms with E-state index in [0.29, 0.717) is 12.5 Å². The standard InChI is InChI=1S/C25H25NO/c27-25-23(18-10-15-20-11-4-1-5-12-20)24(22-16-8-3-9-17-22)26(25)19-21-13-6-2-7-14-21/h1-9,11-14,16-17,23-24H,10,15,18-19H2/t23-,24-/m1/s1. The summed E-state index contributed by atoms with van der Waals surface area (Å²) in [5, 5.41) is 0. The van der Waals surface area contributed by atoms with Gasteiger partial charge in [0.1, 0.15) is 0 Å². The highest BCUT2D eigenvalue weighted by atomic mass is 16.2. The zero-order valence-electron chi connectivity index (χ0n) is 15.5. The van der Waals surface area contributed by atoms with Gasteiger partial charge in [-0.2, -0.15) is 0 Å². The van der Waals surface area contributed by atoms with Crippen LogP contribution in [0.4, 0.5) is 0 Å². The van der Waals surface area contributed by atoms with Crippen LogP contribution in [0.3, 0.4) is 0 Å². The number of carbonyl (C=O) groups is 1. The minimum absolute atomic E-state index is 0.0971. The van der Waals surface area contributed by atoms with Gasteiger partial charge in [0, 0.05) is 6.54 Å². The van der Waals surface area contributed by atoms with Crippen molar-refractivity contribution in [1.29, 1.82) is 0 Å². The summed E-state index contributed by atoms with van der Waals surface area (Å²) in [6.45, 7) is 0.689. The average molecular weight is 355 g/mol. The lowest BCUT2D eigenvalue weighted by atomic mass is 9.78. The summed E-state index contributed by atoms with van der Waals surface area (Å²) in [5.74, 6) is 0.389. The van der Waals surface area contributed by atoms with E-state index < -0.39 is 0 Å². The Kier molecular flexibility index (Phi) is 5.34. The fourth-order valence-electron chi connectivity index (χ4n) is 4.09. The quantitative estimate of drug-likeness (QED) is 0.519. The van der Waals surface area contributed by atoms with Crippen molar-refractivity contribution >= 4 is 5.91 Å². The Morgan fingerprint density at radius 2 is 1.26 bits per heavy atom. The van der Waals surface area contributed by atoms with E-state index in [9.17, 15) is 4.79 Å². The molecule has 1 aliphatic rings. The first kappa shape index (κ1) is 17.5. The lowest BCUT2D eigenvalue weighted by Crippen LogP contribution is -2.54. The molecule has 27 heavy (non-hydrogen) atoms. The molecule has 0 aliphatic carbocycles. The van der Waals surface area contributed by atoms with E-state index in [1.165, 1.54) is 16.7 Å². The largest absolute Gasteiger partial charge is 0.330 e. The molecule has 4 rings (SSSR count). The minimum atomic E-state index is 0.0971. The molecule has 0 bridgehead atoms. The van der Waals surface area contributed by atoms with Crippen LogP contribution in [0.1, 0.15) is 35.6 Å². The summed E-state index contributed by atoms with van der Waals surface area (Å²) in [5.41, 5.74) is 3.79. The molecular formula is C25H25NO. The molecule has 1 saturated heterocycles. The second kappa shape index (κ2) is 8.22. The fraction of sp³-hybridized carbons (Fsp3) is 0.240. The number of hydrogen-bond donors (Lipinski definition) is 0. The molecule has 0 radical (unpaired) electrons. The fourth-order valence-corrected chi connectivity index (χ4v) is 4.09. The number of β-lactam (4-membered cyclic amide) rings is 1. The van der Waals surface area contributed by atoms with Crippen molar-refractivity contribution < 1.29 is 4.79 Å². The molecule has 2 nitrogen and oxygen atoms in total. The molecule has 0 spiro atoms. The molecule has 0 aromatic heterocycles. The second-order valence-electron chi connectivity index (χ2n) is 7.29. The number of aryl methyl sites for hydroxylation is 1. The third-order valence-corrected chi connectivity index (χ3v) is 5.48. The van der Waals surface area contributed by atoms with Gasteiger partial charge >= 0.3 is 0 Å². The lowest BCUT2D eigenvalue weighted by Gasteiger charge is -2.48. The van der Waals surface area contributed by atoms with Gasteiger partial charge in [-0.1, -0.05) is 91.0 Å². The van der Waals surface area contributed by atoms with Crippen molar-refractivity contribution in [3.05, 3.63) is 108 Å². The van der Waals surface area contributed by atoms with Crippen molar-refractivity contribution in [2.45, 2.75) is 31.8 Å². The van der Waals surface area contributed by atoms with Gasteiger partial charge in [0.2, 0.25) is 5.91 Å². The molecule has 3 aromatic carbocycles. The van der Waals surface area contributed by atoms with E-state index in [1.54, 1.807) is 0 Å². The Morgan fingerprint density at radius 3 is 1.89 bits per heavy atom. The predicted octanol–water partition coefficient (Wildman–Crippen LogP) is 5.41. The molecule has 2 heteroatoms. The highest BCUT2D eigenvalue weighted by molar-refractivity contribution is 5.86. The van der Waals surface area contributed by atoms with E-state index >= 15 is 0 Å². The Labute approximate surface area is 161 Å². The highest BCUT2D eigenvalue weighted by Crippen LogP contribution is 2.43. The predicted molar refractivity (Wildman–Crippen MR) is 109 cm³/mol. The normalized spacial score (nSPS) is 19.0. The highest BCUT2D eigenvalue weighted by Gasteiger charge is 2.46. The van der Waals surface area contributed by atoms with Crippen molar-refractivity contribution in [1.82, 2.24) is 4.90 Å². The number of nitrogens with zero attached hydrogens (tertiary/aromatic N) is 1. The van der Waals surface area contributed by atoms with Crippen LogP contribution in [0, 0.1) is 5.92 Å². The molecule has 1 fully saturated rings. The molecule has 2 atom stereocenters. The number of rotatable bonds is 7. The molecule has 0 unspecified atom stereocenters. The number of amides is 1. The first-order chi connectivity index (χ1) is 13.3. The zero-order chi connectivity index (χ0) is 18.5. The van der Waals surface area contributed by atoms with Crippen LogP contribution in [0.15, 0.2) is 91.0 Å². The second-order valence-corrected chi connectivity index (χ2v) is 7.29. The number of likely N-dealkylation sites (tertiary alicyclic amines) is 1. The average Bonchev–Trinajstić information content (AvgIpc) is 2.74. The summed E-state index contributed by atoms with van der Waals surface area (Å²) in [4.78, 5) is 15.0. The summed E-state index contributed by atoms with van der Waals surface area (Å²) >= 11 is 0. The maximum absolute atomic E-state index is 12.9. The van der Waals surface area contributed by atoms with E-state index in [-0.39, 0.29) is 12.0 Å².